The number of benzene rings is 1. The van der Waals surface area contributed by atoms with Crippen LogP contribution in [-0.4, -0.2) is 29.1 Å². The van der Waals surface area contributed by atoms with E-state index < -0.39 is 0 Å². The van der Waals surface area contributed by atoms with Crippen molar-refractivity contribution in [2.45, 2.75) is 81.5 Å². The molecule has 2 N–H and O–H groups in total. The number of nitrogens with zero attached hydrogens (tertiary/aromatic N) is 1. The lowest BCUT2D eigenvalue weighted by Gasteiger charge is -2.47. The van der Waals surface area contributed by atoms with Crippen LogP contribution in [0.4, 0.5) is 0 Å². The Morgan fingerprint density at radius 2 is 1.52 bits per heavy atom. The predicted molar refractivity (Wildman–Crippen MR) is 87.3 cm³/mol. The van der Waals surface area contributed by atoms with Crippen LogP contribution in [0.2, 0.25) is 0 Å². The molecule has 0 aromatic heterocycles. The minimum atomic E-state index is 0.456. The molecule has 114 valence electrons. The number of rotatable bonds is 2. The zero-order valence-electron chi connectivity index (χ0n) is 13.0. The van der Waals surface area contributed by atoms with E-state index in [1.54, 1.807) is 5.56 Å². The van der Waals surface area contributed by atoms with E-state index in [4.69, 9.17) is 5.73 Å². The van der Waals surface area contributed by atoms with Gasteiger partial charge in [0, 0.05) is 24.2 Å². The van der Waals surface area contributed by atoms with E-state index in [0.717, 1.165) is 24.0 Å². The lowest BCUT2D eigenvalue weighted by atomic mass is 9.77. The van der Waals surface area contributed by atoms with Gasteiger partial charge >= 0.3 is 0 Å². The van der Waals surface area contributed by atoms with E-state index in [0.29, 0.717) is 6.04 Å². The summed E-state index contributed by atoms with van der Waals surface area (Å²) in [7, 11) is 0. The van der Waals surface area contributed by atoms with Crippen LogP contribution in [-0.2, 0) is 0 Å². The first-order valence-electron chi connectivity index (χ1n) is 8.91. The topological polar surface area (TPSA) is 29.3 Å². The molecule has 1 aromatic carbocycles. The third-order valence-electron chi connectivity index (χ3n) is 6.17. The molecule has 3 fully saturated rings. The molecule has 4 atom stereocenters. The third kappa shape index (κ3) is 2.53. The second-order valence-electron chi connectivity index (χ2n) is 7.43. The number of piperidine rings is 1. The highest BCUT2D eigenvalue weighted by molar-refractivity contribution is 5.23. The maximum absolute atomic E-state index is 6.27. The van der Waals surface area contributed by atoms with Crippen LogP contribution in [0.3, 0.4) is 0 Å². The van der Waals surface area contributed by atoms with Crippen LogP contribution in [0.15, 0.2) is 30.3 Å². The number of hydrogen-bond acceptors (Lipinski definition) is 2. The fourth-order valence-corrected chi connectivity index (χ4v) is 5.35. The number of fused-ring (bicyclic) bond motifs is 2. The molecular weight excluding hydrogens is 256 g/mol. The Balaban J connectivity index is 1.60. The molecular formula is C19H28N2. The Labute approximate surface area is 128 Å². The van der Waals surface area contributed by atoms with Gasteiger partial charge in [0.05, 0.1) is 0 Å². The average molecular weight is 284 g/mol. The summed E-state index contributed by atoms with van der Waals surface area (Å²) in [4.78, 5) is 2.92. The largest absolute Gasteiger partial charge is 0.328 e. The standard InChI is InChI=1S/C19H28N2/c20-15-12-16-10-11-17(13-15)21(16)19-9-5-4-8-18(19)14-6-2-1-3-7-14/h1-3,6-7,15-19H,4-5,8-13,20H2. The summed E-state index contributed by atoms with van der Waals surface area (Å²) in [5.41, 5.74) is 7.83. The molecule has 0 spiro atoms. The summed E-state index contributed by atoms with van der Waals surface area (Å²) in [5, 5.41) is 0. The molecule has 0 radical (unpaired) electrons. The Morgan fingerprint density at radius 3 is 2.24 bits per heavy atom. The minimum Gasteiger partial charge on any atom is -0.328 e. The lowest BCUT2D eigenvalue weighted by molar-refractivity contribution is 0.0458. The Morgan fingerprint density at radius 1 is 0.857 bits per heavy atom. The van der Waals surface area contributed by atoms with Gasteiger partial charge in [0.1, 0.15) is 0 Å². The van der Waals surface area contributed by atoms with Crippen molar-refractivity contribution in [3.8, 4) is 0 Å². The summed E-state index contributed by atoms with van der Waals surface area (Å²) >= 11 is 0. The minimum absolute atomic E-state index is 0.456. The van der Waals surface area contributed by atoms with Gasteiger partial charge < -0.3 is 5.73 Å². The van der Waals surface area contributed by atoms with Gasteiger partial charge in [-0.05, 0) is 50.0 Å². The van der Waals surface area contributed by atoms with Crippen LogP contribution >= 0.6 is 0 Å². The van der Waals surface area contributed by atoms with Crippen LogP contribution in [0, 0.1) is 0 Å². The van der Waals surface area contributed by atoms with Gasteiger partial charge in [0.15, 0.2) is 0 Å². The third-order valence-corrected chi connectivity index (χ3v) is 6.17. The Kier molecular flexibility index (Phi) is 3.76. The number of nitrogens with two attached hydrogens (primary N) is 1. The van der Waals surface area contributed by atoms with Crippen molar-refractivity contribution in [1.82, 2.24) is 4.90 Å². The van der Waals surface area contributed by atoms with Crippen molar-refractivity contribution < 1.29 is 0 Å². The second-order valence-corrected chi connectivity index (χ2v) is 7.43. The van der Waals surface area contributed by atoms with Gasteiger partial charge in [0.25, 0.3) is 0 Å². The molecule has 2 heterocycles. The molecule has 2 heteroatoms. The fourth-order valence-electron chi connectivity index (χ4n) is 5.35. The van der Waals surface area contributed by atoms with E-state index in [-0.39, 0.29) is 0 Å². The Hall–Kier alpha value is -0.860. The van der Waals surface area contributed by atoms with Gasteiger partial charge in [-0.3, -0.25) is 4.90 Å². The van der Waals surface area contributed by atoms with E-state index in [2.05, 4.69) is 35.2 Å². The van der Waals surface area contributed by atoms with Gasteiger partial charge in [-0.25, -0.2) is 0 Å². The van der Waals surface area contributed by atoms with Crippen molar-refractivity contribution >= 4 is 0 Å². The van der Waals surface area contributed by atoms with Crippen molar-refractivity contribution in [3.05, 3.63) is 35.9 Å². The van der Waals surface area contributed by atoms with Crippen LogP contribution in [0.25, 0.3) is 0 Å². The molecule has 2 saturated heterocycles. The number of hydrogen-bond donors (Lipinski definition) is 1. The van der Waals surface area contributed by atoms with Crippen LogP contribution < -0.4 is 5.73 Å². The molecule has 4 unspecified atom stereocenters. The molecule has 2 bridgehead atoms. The summed E-state index contributed by atoms with van der Waals surface area (Å²) in [6.07, 6.45) is 10.8. The molecule has 21 heavy (non-hydrogen) atoms. The van der Waals surface area contributed by atoms with E-state index in [9.17, 15) is 0 Å². The normalized spacial score (nSPS) is 40.3. The van der Waals surface area contributed by atoms with Crippen LogP contribution in [0.1, 0.15) is 62.8 Å². The average Bonchev–Trinajstić information content (AvgIpc) is 2.80. The summed E-state index contributed by atoms with van der Waals surface area (Å²) in [6, 6.07) is 14.0. The highest BCUT2D eigenvalue weighted by atomic mass is 15.3. The molecule has 3 aliphatic rings. The quantitative estimate of drug-likeness (QED) is 0.898. The Bertz CT molecular complexity index is 458. The lowest BCUT2D eigenvalue weighted by Crippen LogP contribution is -2.54. The fraction of sp³-hybridized carbons (Fsp3) is 0.684. The van der Waals surface area contributed by atoms with Crippen LogP contribution in [0.5, 0.6) is 0 Å². The summed E-state index contributed by atoms with van der Waals surface area (Å²) in [6.45, 7) is 0. The van der Waals surface area contributed by atoms with E-state index in [1.165, 1.54) is 51.4 Å². The first-order chi connectivity index (χ1) is 10.3. The summed E-state index contributed by atoms with van der Waals surface area (Å²) in [5.74, 6) is 0.748. The molecule has 1 aliphatic carbocycles. The van der Waals surface area contributed by atoms with Crippen molar-refractivity contribution in [2.75, 3.05) is 0 Å². The van der Waals surface area contributed by atoms with Crippen molar-refractivity contribution in [1.29, 1.82) is 0 Å². The van der Waals surface area contributed by atoms with Crippen molar-refractivity contribution in [2.24, 2.45) is 5.73 Å². The first kappa shape index (κ1) is 13.8. The molecule has 0 amide bonds. The van der Waals surface area contributed by atoms with Crippen molar-refractivity contribution in [3.63, 3.8) is 0 Å². The zero-order valence-corrected chi connectivity index (χ0v) is 13.0. The van der Waals surface area contributed by atoms with E-state index in [1.807, 2.05) is 0 Å². The highest BCUT2D eigenvalue weighted by Crippen LogP contribution is 2.44. The zero-order chi connectivity index (χ0) is 14.2. The molecule has 4 rings (SSSR count). The second kappa shape index (κ2) is 5.73. The smallest absolute Gasteiger partial charge is 0.0170 e. The molecule has 2 nitrogen and oxygen atoms in total. The maximum Gasteiger partial charge on any atom is 0.0170 e. The van der Waals surface area contributed by atoms with E-state index >= 15 is 0 Å². The molecule has 1 aromatic rings. The van der Waals surface area contributed by atoms with Gasteiger partial charge in [-0.1, -0.05) is 43.2 Å². The van der Waals surface area contributed by atoms with Gasteiger partial charge in [0.2, 0.25) is 0 Å². The maximum atomic E-state index is 6.27. The first-order valence-corrected chi connectivity index (χ1v) is 8.91. The highest BCUT2D eigenvalue weighted by Gasteiger charge is 2.45. The van der Waals surface area contributed by atoms with Gasteiger partial charge in [-0.2, -0.15) is 0 Å². The molecule has 1 saturated carbocycles. The summed E-state index contributed by atoms with van der Waals surface area (Å²) < 4.78 is 0. The predicted octanol–water partition coefficient (Wildman–Crippen LogP) is 3.67. The monoisotopic (exact) mass is 284 g/mol. The van der Waals surface area contributed by atoms with Gasteiger partial charge in [-0.15, -0.1) is 0 Å². The molecule has 2 aliphatic heterocycles. The SMILES string of the molecule is NC1CC2CCC(C1)N2C1CCCCC1c1ccccc1.